The Morgan fingerprint density at radius 2 is 2.08 bits per heavy atom. The van der Waals surface area contributed by atoms with E-state index in [1.54, 1.807) is 17.0 Å². The van der Waals surface area contributed by atoms with Crippen molar-refractivity contribution in [2.24, 2.45) is 5.92 Å². The van der Waals surface area contributed by atoms with Crippen molar-refractivity contribution >= 4 is 11.8 Å². The molecule has 1 aliphatic heterocycles. The van der Waals surface area contributed by atoms with Crippen molar-refractivity contribution in [3.05, 3.63) is 54.0 Å². The fourth-order valence-corrected chi connectivity index (χ4v) is 3.05. The molecule has 0 bridgehead atoms. The Labute approximate surface area is 153 Å². The first kappa shape index (κ1) is 18.0. The maximum Gasteiger partial charge on any atom is 0.289 e. The normalized spacial score (nSPS) is 17.0. The summed E-state index contributed by atoms with van der Waals surface area (Å²) in [5.41, 5.74) is 1.18. The number of carbonyl (C=O) groups excluding carboxylic acids is 2. The third kappa shape index (κ3) is 4.65. The summed E-state index contributed by atoms with van der Waals surface area (Å²) in [6.45, 7) is 3.95. The average Bonchev–Trinajstić information content (AvgIpc) is 3.21. The van der Waals surface area contributed by atoms with Crippen LogP contribution in [0, 0.1) is 12.8 Å². The molecule has 26 heavy (non-hydrogen) atoms. The molecule has 1 unspecified atom stereocenters. The average molecular weight is 356 g/mol. The number of nitrogens with zero attached hydrogens (tertiary/aromatic N) is 1. The zero-order chi connectivity index (χ0) is 18.4. The lowest BCUT2D eigenvalue weighted by Gasteiger charge is -2.31. The van der Waals surface area contributed by atoms with E-state index >= 15 is 0 Å². The van der Waals surface area contributed by atoms with Gasteiger partial charge in [-0.1, -0.05) is 17.7 Å². The van der Waals surface area contributed by atoms with Crippen molar-refractivity contribution in [1.82, 2.24) is 10.2 Å². The second-order valence-corrected chi connectivity index (χ2v) is 6.52. The quantitative estimate of drug-likeness (QED) is 0.808. The number of carbonyl (C=O) groups is 2. The maximum absolute atomic E-state index is 12.4. The summed E-state index contributed by atoms with van der Waals surface area (Å²) in [7, 11) is 0. The first-order valence-electron chi connectivity index (χ1n) is 8.93. The van der Waals surface area contributed by atoms with Gasteiger partial charge in [0.25, 0.3) is 5.91 Å². The molecular formula is C20H24N2O4. The Balaban J connectivity index is 1.42. The zero-order valence-corrected chi connectivity index (χ0v) is 14.9. The highest BCUT2D eigenvalue weighted by Gasteiger charge is 2.29. The molecule has 0 radical (unpaired) electrons. The summed E-state index contributed by atoms with van der Waals surface area (Å²) in [6, 6.07) is 11.1. The van der Waals surface area contributed by atoms with Crippen molar-refractivity contribution in [3.8, 4) is 5.75 Å². The molecule has 2 aromatic rings. The Hall–Kier alpha value is -2.76. The van der Waals surface area contributed by atoms with Gasteiger partial charge in [0, 0.05) is 13.1 Å². The highest BCUT2D eigenvalue weighted by atomic mass is 16.5. The van der Waals surface area contributed by atoms with Gasteiger partial charge in [0.15, 0.2) is 5.76 Å². The number of nitrogens with one attached hydrogen (secondary N) is 1. The lowest BCUT2D eigenvalue weighted by Crippen LogP contribution is -2.46. The molecule has 1 fully saturated rings. The van der Waals surface area contributed by atoms with E-state index in [1.807, 2.05) is 31.2 Å². The van der Waals surface area contributed by atoms with Crippen LogP contribution in [0.2, 0.25) is 0 Å². The number of hydrogen-bond donors (Lipinski definition) is 1. The van der Waals surface area contributed by atoms with Gasteiger partial charge in [0.05, 0.1) is 18.7 Å². The van der Waals surface area contributed by atoms with Gasteiger partial charge in [0.2, 0.25) is 5.91 Å². The highest BCUT2D eigenvalue weighted by Crippen LogP contribution is 2.19. The van der Waals surface area contributed by atoms with E-state index < -0.39 is 0 Å². The number of aryl methyl sites for hydroxylation is 1. The summed E-state index contributed by atoms with van der Waals surface area (Å²) in [4.78, 5) is 26.4. The predicted octanol–water partition coefficient (Wildman–Crippen LogP) is 2.64. The van der Waals surface area contributed by atoms with Gasteiger partial charge in [-0.25, -0.2) is 0 Å². The largest absolute Gasteiger partial charge is 0.492 e. The standard InChI is InChI=1S/C20H24N2O4/c1-15-6-8-17(9-7-15)25-13-10-21-19(23)16-4-2-11-22(14-16)20(24)18-5-3-12-26-18/h3,5-9,12,16H,2,4,10-11,13-14H2,1H3,(H,21,23). The number of likely N-dealkylation sites (tertiary alicyclic amines) is 1. The Morgan fingerprint density at radius 1 is 1.27 bits per heavy atom. The molecule has 6 heteroatoms. The van der Waals surface area contributed by atoms with Crippen molar-refractivity contribution in [2.45, 2.75) is 19.8 Å². The topological polar surface area (TPSA) is 71.8 Å². The summed E-state index contributed by atoms with van der Waals surface area (Å²) in [5.74, 6) is 0.724. The van der Waals surface area contributed by atoms with Gasteiger partial charge in [-0.3, -0.25) is 9.59 Å². The van der Waals surface area contributed by atoms with Gasteiger partial charge in [-0.2, -0.15) is 0 Å². The fraction of sp³-hybridized carbons (Fsp3) is 0.400. The first-order chi connectivity index (χ1) is 12.6. The van der Waals surface area contributed by atoms with Crippen LogP contribution in [0.3, 0.4) is 0 Å². The summed E-state index contributed by atoms with van der Waals surface area (Å²) in [5, 5.41) is 2.90. The van der Waals surface area contributed by atoms with E-state index in [1.165, 1.54) is 11.8 Å². The Bertz CT molecular complexity index is 725. The van der Waals surface area contributed by atoms with E-state index in [2.05, 4.69) is 5.32 Å². The SMILES string of the molecule is Cc1ccc(OCCNC(=O)C2CCCN(C(=O)c3ccco3)C2)cc1. The van der Waals surface area contributed by atoms with Crippen molar-refractivity contribution in [1.29, 1.82) is 0 Å². The van der Waals surface area contributed by atoms with Crippen LogP contribution in [0.4, 0.5) is 0 Å². The van der Waals surface area contributed by atoms with E-state index in [0.29, 0.717) is 32.0 Å². The van der Waals surface area contributed by atoms with E-state index in [4.69, 9.17) is 9.15 Å². The van der Waals surface area contributed by atoms with Gasteiger partial charge < -0.3 is 19.4 Å². The number of hydrogen-bond acceptors (Lipinski definition) is 4. The third-order valence-corrected chi connectivity index (χ3v) is 4.50. The molecule has 1 aliphatic rings. The highest BCUT2D eigenvalue weighted by molar-refractivity contribution is 5.92. The van der Waals surface area contributed by atoms with Gasteiger partial charge >= 0.3 is 0 Å². The molecule has 1 N–H and O–H groups in total. The molecule has 1 aromatic carbocycles. The molecule has 0 aliphatic carbocycles. The lowest BCUT2D eigenvalue weighted by molar-refractivity contribution is -0.126. The van der Waals surface area contributed by atoms with Crippen LogP contribution in [0.5, 0.6) is 5.75 Å². The second-order valence-electron chi connectivity index (χ2n) is 6.52. The lowest BCUT2D eigenvalue weighted by atomic mass is 9.97. The minimum Gasteiger partial charge on any atom is -0.492 e. The Morgan fingerprint density at radius 3 is 2.81 bits per heavy atom. The van der Waals surface area contributed by atoms with E-state index in [0.717, 1.165) is 18.6 Å². The monoisotopic (exact) mass is 356 g/mol. The molecule has 0 saturated carbocycles. The molecule has 2 heterocycles. The van der Waals surface area contributed by atoms with E-state index in [9.17, 15) is 9.59 Å². The van der Waals surface area contributed by atoms with Crippen LogP contribution < -0.4 is 10.1 Å². The van der Waals surface area contributed by atoms with E-state index in [-0.39, 0.29) is 17.7 Å². The molecule has 0 spiro atoms. The summed E-state index contributed by atoms with van der Waals surface area (Å²) < 4.78 is 10.8. The van der Waals surface area contributed by atoms with Gasteiger partial charge in [-0.15, -0.1) is 0 Å². The van der Waals surface area contributed by atoms with Crippen molar-refractivity contribution in [2.75, 3.05) is 26.2 Å². The van der Waals surface area contributed by atoms with Crippen LogP contribution in [-0.4, -0.2) is 43.0 Å². The second kappa shape index (κ2) is 8.56. The molecule has 1 aromatic heterocycles. The summed E-state index contributed by atoms with van der Waals surface area (Å²) in [6.07, 6.45) is 3.08. The molecule has 3 rings (SSSR count). The first-order valence-corrected chi connectivity index (χ1v) is 8.93. The van der Waals surface area contributed by atoms with Crippen LogP contribution >= 0.6 is 0 Å². The van der Waals surface area contributed by atoms with Crippen LogP contribution in [0.25, 0.3) is 0 Å². The molecule has 6 nitrogen and oxygen atoms in total. The van der Waals surface area contributed by atoms with Crippen LogP contribution in [0.15, 0.2) is 47.1 Å². The molecule has 2 amide bonds. The number of rotatable bonds is 6. The fourth-order valence-electron chi connectivity index (χ4n) is 3.05. The molecule has 1 atom stereocenters. The van der Waals surface area contributed by atoms with Crippen LogP contribution in [-0.2, 0) is 4.79 Å². The zero-order valence-electron chi connectivity index (χ0n) is 14.9. The molecule has 1 saturated heterocycles. The minimum atomic E-state index is -0.193. The third-order valence-electron chi connectivity index (χ3n) is 4.50. The minimum absolute atomic E-state index is 0.0329. The maximum atomic E-state index is 12.4. The van der Waals surface area contributed by atoms with Gasteiger partial charge in [-0.05, 0) is 44.0 Å². The summed E-state index contributed by atoms with van der Waals surface area (Å²) >= 11 is 0. The number of ether oxygens (including phenoxy) is 1. The molecular weight excluding hydrogens is 332 g/mol. The van der Waals surface area contributed by atoms with Crippen LogP contribution in [0.1, 0.15) is 29.0 Å². The van der Waals surface area contributed by atoms with Gasteiger partial charge in [0.1, 0.15) is 12.4 Å². The predicted molar refractivity (Wildman–Crippen MR) is 97.0 cm³/mol. The Kier molecular flexibility index (Phi) is 5.94. The van der Waals surface area contributed by atoms with Crippen molar-refractivity contribution in [3.63, 3.8) is 0 Å². The number of amides is 2. The number of benzene rings is 1. The molecule has 138 valence electrons. The number of furan rings is 1. The number of piperidine rings is 1. The smallest absolute Gasteiger partial charge is 0.289 e. The van der Waals surface area contributed by atoms with Crippen molar-refractivity contribution < 1.29 is 18.7 Å².